The highest BCUT2D eigenvalue weighted by Gasteiger charge is 2.27. The average Bonchev–Trinajstić information content (AvgIpc) is 3.19. The molecule has 1 amide bonds. The minimum Gasteiger partial charge on any atom is -0.361 e. The molecule has 4 nitrogen and oxygen atoms in total. The van der Waals surface area contributed by atoms with Crippen molar-refractivity contribution in [3.05, 3.63) is 36.0 Å². The smallest absolute Gasteiger partial charge is 0.251 e. The number of nitrogens with one attached hydrogen (secondary N) is 2. The van der Waals surface area contributed by atoms with Crippen LogP contribution in [0.5, 0.6) is 0 Å². The average molecular weight is 271 g/mol. The summed E-state index contributed by atoms with van der Waals surface area (Å²) in [7, 11) is 0. The summed E-state index contributed by atoms with van der Waals surface area (Å²) < 4.78 is 0. The number of benzene rings is 1. The molecule has 1 saturated carbocycles. The van der Waals surface area contributed by atoms with Crippen molar-refractivity contribution in [2.24, 2.45) is 0 Å². The normalized spacial score (nSPS) is 14.9. The van der Waals surface area contributed by atoms with Gasteiger partial charge in [-0.2, -0.15) is 0 Å². The van der Waals surface area contributed by atoms with Crippen molar-refractivity contribution in [3.8, 4) is 0 Å². The molecule has 4 heteroatoms. The summed E-state index contributed by atoms with van der Waals surface area (Å²) in [5.74, 6) is 0.0138. The number of nitrogens with zero attached hydrogens (tertiary/aromatic N) is 1. The van der Waals surface area contributed by atoms with Crippen LogP contribution < -0.4 is 5.32 Å². The molecule has 3 rings (SSSR count). The number of amides is 1. The summed E-state index contributed by atoms with van der Waals surface area (Å²) >= 11 is 0. The van der Waals surface area contributed by atoms with Crippen molar-refractivity contribution >= 4 is 16.8 Å². The van der Waals surface area contributed by atoms with Crippen molar-refractivity contribution in [2.75, 3.05) is 19.6 Å². The van der Waals surface area contributed by atoms with E-state index in [0.717, 1.165) is 35.6 Å². The summed E-state index contributed by atoms with van der Waals surface area (Å²) in [6.07, 6.45) is 4.51. The van der Waals surface area contributed by atoms with E-state index in [-0.39, 0.29) is 5.91 Å². The van der Waals surface area contributed by atoms with Crippen molar-refractivity contribution in [1.82, 2.24) is 15.2 Å². The van der Waals surface area contributed by atoms with E-state index < -0.39 is 0 Å². The van der Waals surface area contributed by atoms with Crippen LogP contribution in [0.1, 0.15) is 30.1 Å². The van der Waals surface area contributed by atoms with E-state index in [9.17, 15) is 4.79 Å². The van der Waals surface area contributed by atoms with Crippen molar-refractivity contribution in [2.45, 2.75) is 25.8 Å². The fourth-order valence-electron chi connectivity index (χ4n) is 2.65. The fraction of sp³-hybridized carbons (Fsp3) is 0.438. The zero-order valence-electron chi connectivity index (χ0n) is 11.9. The van der Waals surface area contributed by atoms with Crippen LogP contribution in [-0.2, 0) is 0 Å². The molecule has 2 N–H and O–H groups in total. The third-order valence-corrected chi connectivity index (χ3v) is 3.97. The maximum absolute atomic E-state index is 12.1. The molecule has 0 radical (unpaired) electrons. The molecule has 1 aliphatic rings. The van der Waals surface area contributed by atoms with E-state index in [0.29, 0.717) is 6.54 Å². The summed E-state index contributed by atoms with van der Waals surface area (Å²) in [6.45, 7) is 4.91. The van der Waals surface area contributed by atoms with Gasteiger partial charge in [0.25, 0.3) is 5.91 Å². The first-order chi connectivity index (χ1) is 9.78. The van der Waals surface area contributed by atoms with E-state index in [1.165, 1.54) is 12.8 Å². The highest BCUT2D eigenvalue weighted by Crippen LogP contribution is 2.25. The number of H-pyrrole nitrogens is 1. The number of likely N-dealkylation sites (N-methyl/N-ethyl adjacent to an activating group) is 1. The number of rotatable bonds is 6. The Morgan fingerprint density at radius 3 is 3.00 bits per heavy atom. The Morgan fingerprint density at radius 2 is 2.25 bits per heavy atom. The molecule has 1 aromatic heterocycles. The zero-order valence-corrected chi connectivity index (χ0v) is 11.9. The van der Waals surface area contributed by atoms with Crippen LogP contribution in [-0.4, -0.2) is 41.5 Å². The Labute approximate surface area is 119 Å². The molecule has 1 aliphatic carbocycles. The molecule has 2 aromatic rings. The van der Waals surface area contributed by atoms with Crippen molar-refractivity contribution in [1.29, 1.82) is 0 Å². The highest BCUT2D eigenvalue weighted by molar-refractivity contribution is 5.98. The summed E-state index contributed by atoms with van der Waals surface area (Å²) in [5.41, 5.74) is 1.79. The number of aromatic nitrogens is 1. The number of hydrogen-bond donors (Lipinski definition) is 2. The minimum absolute atomic E-state index is 0.0138. The molecule has 1 aromatic carbocycles. The second-order valence-corrected chi connectivity index (χ2v) is 5.40. The molecule has 0 unspecified atom stereocenters. The van der Waals surface area contributed by atoms with Crippen LogP contribution >= 0.6 is 0 Å². The topological polar surface area (TPSA) is 48.1 Å². The van der Waals surface area contributed by atoms with Gasteiger partial charge in [0, 0.05) is 41.8 Å². The minimum atomic E-state index is 0.0138. The van der Waals surface area contributed by atoms with Crippen molar-refractivity contribution < 1.29 is 4.79 Å². The maximum atomic E-state index is 12.1. The monoisotopic (exact) mass is 271 g/mol. The van der Waals surface area contributed by atoms with Gasteiger partial charge >= 0.3 is 0 Å². The third kappa shape index (κ3) is 2.85. The van der Waals surface area contributed by atoms with E-state index in [1.54, 1.807) is 0 Å². The van der Waals surface area contributed by atoms with Gasteiger partial charge < -0.3 is 10.3 Å². The van der Waals surface area contributed by atoms with Gasteiger partial charge in [0.2, 0.25) is 0 Å². The van der Waals surface area contributed by atoms with Crippen LogP contribution in [0.25, 0.3) is 10.9 Å². The lowest BCUT2D eigenvalue weighted by Crippen LogP contribution is -2.36. The Kier molecular flexibility index (Phi) is 3.74. The number of carbonyl (C=O) groups excluding carboxylic acids is 1. The van der Waals surface area contributed by atoms with Gasteiger partial charge in [-0.3, -0.25) is 9.69 Å². The molecule has 0 bridgehead atoms. The summed E-state index contributed by atoms with van der Waals surface area (Å²) in [4.78, 5) is 17.7. The van der Waals surface area contributed by atoms with Crippen molar-refractivity contribution in [3.63, 3.8) is 0 Å². The highest BCUT2D eigenvalue weighted by atomic mass is 16.1. The van der Waals surface area contributed by atoms with Gasteiger partial charge in [0.15, 0.2) is 0 Å². The first kappa shape index (κ1) is 13.2. The lowest BCUT2D eigenvalue weighted by atomic mass is 10.1. The van der Waals surface area contributed by atoms with Gasteiger partial charge in [-0.1, -0.05) is 6.92 Å². The van der Waals surface area contributed by atoms with Crippen LogP contribution in [0.3, 0.4) is 0 Å². The molecule has 20 heavy (non-hydrogen) atoms. The second kappa shape index (κ2) is 5.67. The van der Waals surface area contributed by atoms with Crippen LogP contribution in [0.15, 0.2) is 30.5 Å². The van der Waals surface area contributed by atoms with Gasteiger partial charge in [-0.15, -0.1) is 0 Å². The molecule has 0 saturated heterocycles. The maximum Gasteiger partial charge on any atom is 0.251 e. The lowest BCUT2D eigenvalue weighted by molar-refractivity contribution is 0.0948. The molecular weight excluding hydrogens is 250 g/mol. The van der Waals surface area contributed by atoms with Crippen LogP contribution in [0, 0.1) is 0 Å². The second-order valence-electron chi connectivity index (χ2n) is 5.40. The Balaban J connectivity index is 1.55. The van der Waals surface area contributed by atoms with Crippen LogP contribution in [0.2, 0.25) is 0 Å². The SMILES string of the molecule is CCN(CCNC(=O)c1ccc2[nH]ccc2c1)C1CC1. The Morgan fingerprint density at radius 1 is 1.40 bits per heavy atom. The largest absolute Gasteiger partial charge is 0.361 e. The zero-order chi connectivity index (χ0) is 13.9. The number of fused-ring (bicyclic) bond motifs is 1. The van der Waals surface area contributed by atoms with Crippen LogP contribution in [0.4, 0.5) is 0 Å². The Bertz CT molecular complexity index is 601. The number of carbonyl (C=O) groups is 1. The van der Waals surface area contributed by atoms with Gasteiger partial charge in [-0.25, -0.2) is 0 Å². The number of hydrogen-bond acceptors (Lipinski definition) is 2. The predicted octanol–water partition coefficient (Wildman–Crippen LogP) is 2.38. The molecular formula is C16H21N3O. The molecule has 1 heterocycles. The molecule has 106 valence electrons. The van der Waals surface area contributed by atoms with E-state index in [2.05, 4.69) is 22.1 Å². The molecule has 0 aliphatic heterocycles. The third-order valence-electron chi connectivity index (χ3n) is 3.97. The van der Waals surface area contributed by atoms with Gasteiger partial charge in [0.1, 0.15) is 0 Å². The van der Waals surface area contributed by atoms with E-state index in [4.69, 9.17) is 0 Å². The van der Waals surface area contributed by atoms with E-state index in [1.807, 2.05) is 30.5 Å². The summed E-state index contributed by atoms with van der Waals surface area (Å²) in [6, 6.07) is 8.49. The fourth-order valence-corrected chi connectivity index (χ4v) is 2.65. The van der Waals surface area contributed by atoms with Gasteiger partial charge in [0.05, 0.1) is 0 Å². The standard InChI is InChI=1S/C16H21N3O/c1-2-19(14-4-5-14)10-9-18-16(20)13-3-6-15-12(11-13)7-8-17-15/h3,6-8,11,14,17H,2,4-5,9-10H2,1H3,(H,18,20). The first-order valence-electron chi connectivity index (χ1n) is 7.37. The summed E-state index contributed by atoms with van der Waals surface area (Å²) in [5, 5.41) is 4.09. The number of aromatic amines is 1. The quantitative estimate of drug-likeness (QED) is 0.847. The molecule has 1 fully saturated rings. The Hall–Kier alpha value is -1.81. The lowest BCUT2D eigenvalue weighted by Gasteiger charge is -2.19. The van der Waals surface area contributed by atoms with E-state index >= 15 is 0 Å². The van der Waals surface area contributed by atoms with Gasteiger partial charge in [-0.05, 0) is 43.7 Å². The predicted molar refractivity (Wildman–Crippen MR) is 80.9 cm³/mol. The molecule has 0 atom stereocenters. The first-order valence-corrected chi connectivity index (χ1v) is 7.37. The molecule has 0 spiro atoms.